The van der Waals surface area contributed by atoms with Gasteiger partial charge in [-0.2, -0.15) is 0 Å². The number of aromatic nitrogens is 2. The van der Waals surface area contributed by atoms with Gasteiger partial charge in [0.05, 0.1) is 25.0 Å². The number of rotatable bonds is 7. The van der Waals surface area contributed by atoms with E-state index < -0.39 is 29.1 Å². The molecular formula is C19H17N3O7S. The number of ether oxygens (including phenoxy) is 2. The third kappa shape index (κ3) is 4.58. The van der Waals surface area contributed by atoms with Crippen molar-refractivity contribution in [2.75, 3.05) is 19.0 Å². The molecule has 11 heteroatoms. The number of hydrogen-bond donors (Lipinski definition) is 4. The molecule has 4 N–H and O–H groups in total. The van der Waals surface area contributed by atoms with Crippen LogP contribution in [-0.4, -0.2) is 46.0 Å². The molecule has 1 amide bonds. The van der Waals surface area contributed by atoms with E-state index in [2.05, 4.69) is 15.3 Å². The topological polar surface area (TPSA) is 151 Å². The Labute approximate surface area is 173 Å². The molecule has 3 rings (SSSR count). The molecule has 0 aliphatic carbocycles. The molecule has 30 heavy (non-hydrogen) atoms. The largest absolute Gasteiger partial charge is 0.501 e. The lowest BCUT2D eigenvalue weighted by Gasteiger charge is -2.10. The van der Waals surface area contributed by atoms with Crippen molar-refractivity contribution in [3.8, 4) is 22.9 Å². The van der Waals surface area contributed by atoms with Gasteiger partial charge in [-0.25, -0.2) is 14.6 Å². The number of H-pyrrole nitrogens is 1. The number of aromatic carboxylic acids is 1. The third-order valence-electron chi connectivity index (χ3n) is 4.05. The van der Waals surface area contributed by atoms with Gasteiger partial charge in [-0.05, 0) is 11.6 Å². The van der Waals surface area contributed by atoms with Crippen LogP contribution < -0.4 is 15.6 Å². The van der Waals surface area contributed by atoms with Gasteiger partial charge >= 0.3 is 12.1 Å². The second-order valence-corrected chi connectivity index (χ2v) is 6.68. The number of thiophene rings is 1. The van der Waals surface area contributed by atoms with Crippen LogP contribution >= 0.6 is 11.3 Å². The van der Waals surface area contributed by atoms with Crippen molar-refractivity contribution in [1.29, 1.82) is 0 Å². The van der Waals surface area contributed by atoms with Gasteiger partial charge < -0.3 is 24.7 Å². The predicted molar refractivity (Wildman–Crippen MR) is 108 cm³/mol. The molecular weight excluding hydrogens is 414 g/mol. The zero-order valence-corrected chi connectivity index (χ0v) is 16.5. The van der Waals surface area contributed by atoms with E-state index >= 15 is 0 Å². The van der Waals surface area contributed by atoms with Crippen LogP contribution in [0.1, 0.15) is 16.1 Å². The smallest absolute Gasteiger partial charge is 0.411 e. The molecule has 0 saturated heterocycles. The van der Waals surface area contributed by atoms with Crippen molar-refractivity contribution >= 4 is 29.1 Å². The van der Waals surface area contributed by atoms with Crippen molar-refractivity contribution in [2.45, 2.75) is 6.42 Å². The van der Waals surface area contributed by atoms with Crippen molar-refractivity contribution in [2.24, 2.45) is 0 Å². The molecule has 0 fully saturated rings. The normalized spacial score (nSPS) is 10.4. The Morgan fingerprint density at radius 1 is 1.27 bits per heavy atom. The van der Waals surface area contributed by atoms with Gasteiger partial charge in [-0.3, -0.25) is 10.1 Å². The maximum absolute atomic E-state index is 12.1. The minimum Gasteiger partial charge on any atom is -0.501 e. The van der Waals surface area contributed by atoms with Crippen molar-refractivity contribution in [3.05, 3.63) is 56.6 Å². The number of amides is 1. The maximum Gasteiger partial charge on any atom is 0.411 e. The van der Waals surface area contributed by atoms with E-state index in [0.717, 1.165) is 5.56 Å². The number of hydrogen-bond acceptors (Lipinski definition) is 8. The molecule has 10 nitrogen and oxygen atoms in total. The highest BCUT2D eigenvalue weighted by molar-refractivity contribution is 7.08. The molecule has 0 aliphatic heterocycles. The summed E-state index contributed by atoms with van der Waals surface area (Å²) in [6.07, 6.45) is -0.285. The number of aromatic hydroxyl groups is 1. The van der Waals surface area contributed by atoms with Gasteiger partial charge in [-0.1, -0.05) is 18.2 Å². The quantitative estimate of drug-likeness (QED) is 0.446. The molecule has 0 bridgehead atoms. The lowest BCUT2D eigenvalue weighted by molar-refractivity contribution is 0.0686. The fraction of sp³-hybridized carbons (Fsp3) is 0.158. The van der Waals surface area contributed by atoms with E-state index in [1.165, 1.54) is 11.3 Å². The fourth-order valence-electron chi connectivity index (χ4n) is 2.63. The second-order valence-electron chi connectivity index (χ2n) is 5.94. The van der Waals surface area contributed by atoms with Crippen LogP contribution in [0.2, 0.25) is 0 Å². The van der Waals surface area contributed by atoms with Crippen LogP contribution in [0.4, 0.5) is 10.5 Å². The summed E-state index contributed by atoms with van der Waals surface area (Å²) in [4.78, 5) is 41.2. The standard InChI is InChI=1S/C19H17N3O7S/c1-28-13-5-3-2-4-10(13)6-7-29-19(27)20-12-9-30-8-11(12)16-21-14(18(25)26)15(23)17(24)22-16/h2-5,8-9,23H,6-7H2,1H3,(H,20,27)(H,25,26)(H,21,22,24). The number of para-hydroxylation sites is 1. The van der Waals surface area contributed by atoms with Gasteiger partial charge in [0.25, 0.3) is 5.56 Å². The Kier molecular flexibility index (Phi) is 6.32. The summed E-state index contributed by atoms with van der Waals surface area (Å²) in [5.74, 6) is -1.97. The molecule has 0 saturated carbocycles. The average molecular weight is 431 g/mol. The van der Waals surface area contributed by atoms with E-state index in [9.17, 15) is 19.5 Å². The number of carboxylic acids is 1. The molecule has 2 aromatic heterocycles. The molecule has 0 aliphatic rings. The lowest BCUT2D eigenvalue weighted by atomic mass is 10.1. The van der Waals surface area contributed by atoms with E-state index in [-0.39, 0.29) is 23.7 Å². The Bertz CT molecular complexity index is 1140. The highest BCUT2D eigenvalue weighted by atomic mass is 32.1. The molecule has 0 unspecified atom stereocenters. The first-order valence-corrected chi connectivity index (χ1v) is 9.53. The number of carbonyl (C=O) groups is 2. The first kappa shape index (κ1) is 20.9. The number of carbonyl (C=O) groups excluding carboxylic acids is 1. The van der Waals surface area contributed by atoms with Gasteiger partial charge in [0.15, 0.2) is 5.69 Å². The molecule has 0 spiro atoms. The van der Waals surface area contributed by atoms with Crippen LogP contribution in [-0.2, 0) is 11.2 Å². The molecule has 156 valence electrons. The van der Waals surface area contributed by atoms with Crippen molar-refractivity contribution in [1.82, 2.24) is 9.97 Å². The molecule has 0 radical (unpaired) electrons. The summed E-state index contributed by atoms with van der Waals surface area (Å²) in [6.45, 7) is 0.100. The van der Waals surface area contributed by atoms with E-state index in [0.29, 0.717) is 12.2 Å². The van der Waals surface area contributed by atoms with Crippen molar-refractivity contribution in [3.63, 3.8) is 0 Å². The van der Waals surface area contributed by atoms with Crippen LogP contribution in [0.5, 0.6) is 11.5 Å². The summed E-state index contributed by atoms with van der Waals surface area (Å²) < 4.78 is 10.4. The van der Waals surface area contributed by atoms with E-state index in [4.69, 9.17) is 14.6 Å². The first-order chi connectivity index (χ1) is 14.4. The third-order valence-corrected chi connectivity index (χ3v) is 4.79. The van der Waals surface area contributed by atoms with E-state index in [1.807, 2.05) is 24.3 Å². The van der Waals surface area contributed by atoms with Gasteiger partial charge in [0.2, 0.25) is 5.75 Å². The summed E-state index contributed by atoms with van der Waals surface area (Å²) in [7, 11) is 1.56. The number of aromatic amines is 1. The molecule has 2 heterocycles. The Morgan fingerprint density at radius 2 is 2.03 bits per heavy atom. The van der Waals surface area contributed by atoms with Gasteiger partial charge in [0.1, 0.15) is 11.6 Å². The number of methoxy groups -OCH3 is 1. The minimum absolute atomic E-state index is 0.100. The zero-order chi connectivity index (χ0) is 21.7. The van der Waals surface area contributed by atoms with E-state index in [1.54, 1.807) is 17.9 Å². The van der Waals surface area contributed by atoms with Crippen molar-refractivity contribution < 1.29 is 29.3 Å². The Morgan fingerprint density at radius 3 is 2.77 bits per heavy atom. The highest BCUT2D eigenvalue weighted by Gasteiger charge is 2.20. The number of nitrogens with zero attached hydrogens (tertiary/aromatic N) is 1. The highest BCUT2D eigenvalue weighted by Crippen LogP contribution is 2.30. The van der Waals surface area contributed by atoms with Gasteiger partial charge in [0, 0.05) is 17.2 Å². The maximum atomic E-state index is 12.1. The fourth-order valence-corrected chi connectivity index (χ4v) is 3.39. The lowest BCUT2D eigenvalue weighted by Crippen LogP contribution is -2.17. The summed E-state index contributed by atoms with van der Waals surface area (Å²) in [6, 6.07) is 7.37. The van der Waals surface area contributed by atoms with Crippen LogP contribution in [0.3, 0.4) is 0 Å². The molecule has 1 aromatic carbocycles. The summed E-state index contributed by atoms with van der Waals surface area (Å²) in [5.41, 5.74) is -0.357. The number of benzene rings is 1. The zero-order valence-electron chi connectivity index (χ0n) is 15.7. The van der Waals surface area contributed by atoms with Gasteiger partial charge in [-0.15, -0.1) is 11.3 Å². The minimum atomic E-state index is -1.56. The molecule has 0 atom stereocenters. The van der Waals surface area contributed by atoms with Crippen LogP contribution in [0.25, 0.3) is 11.4 Å². The van der Waals surface area contributed by atoms with Crippen LogP contribution in [0, 0.1) is 0 Å². The number of anilines is 1. The van der Waals surface area contributed by atoms with Crippen LogP contribution in [0.15, 0.2) is 39.8 Å². The molecule has 3 aromatic rings. The SMILES string of the molecule is COc1ccccc1CCOC(=O)Nc1cscc1-c1nc(C(=O)O)c(O)c(=O)[nH]1. The predicted octanol–water partition coefficient (Wildman–Crippen LogP) is 2.70. The number of nitrogens with one attached hydrogen (secondary N) is 2. The Hall–Kier alpha value is -3.86. The number of carboxylic acid groups (broad SMARTS) is 1. The monoisotopic (exact) mass is 431 g/mol. The first-order valence-electron chi connectivity index (χ1n) is 8.59. The summed E-state index contributed by atoms with van der Waals surface area (Å²) in [5, 5.41) is 24.3. The second kappa shape index (κ2) is 9.09. The summed E-state index contributed by atoms with van der Waals surface area (Å²) >= 11 is 1.19. The Balaban J connectivity index is 1.70. The average Bonchev–Trinajstić information content (AvgIpc) is 3.18.